The van der Waals surface area contributed by atoms with Crippen LogP contribution < -0.4 is 10.6 Å². The molecule has 1 atom stereocenters. The number of aromatic hydroxyl groups is 6. The summed E-state index contributed by atoms with van der Waals surface area (Å²) in [6.07, 6.45) is 3.94. The molecule has 0 aliphatic carbocycles. The largest absolute Gasteiger partial charge is 0.504 e. The van der Waals surface area contributed by atoms with Gasteiger partial charge in [0, 0.05) is 18.7 Å². The molecule has 2 aromatic rings. The molecule has 0 aliphatic heterocycles. The Morgan fingerprint density at radius 3 is 1.94 bits per heavy atom. The lowest BCUT2D eigenvalue weighted by atomic mass is 10.1. The minimum absolute atomic E-state index is 0.126. The van der Waals surface area contributed by atoms with E-state index in [-0.39, 0.29) is 23.2 Å². The van der Waals surface area contributed by atoms with Crippen LogP contribution in [0.15, 0.2) is 35.9 Å². The van der Waals surface area contributed by atoms with Crippen molar-refractivity contribution in [1.82, 2.24) is 10.6 Å². The number of amides is 2. The maximum absolute atomic E-state index is 12.3. The predicted molar refractivity (Wildman–Crippen MR) is 121 cm³/mol. The molecule has 2 rings (SSSR count). The number of nitriles is 1. The van der Waals surface area contributed by atoms with Crippen LogP contribution in [0.5, 0.6) is 34.5 Å². The second-order valence-electron chi connectivity index (χ2n) is 7.27. The van der Waals surface area contributed by atoms with Gasteiger partial charge in [-0.15, -0.1) is 0 Å². The highest BCUT2D eigenvalue weighted by Gasteiger charge is 2.14. The molecule has 0 aromatic heterocycles. The molecule has 0 radical (unpaired) electrons. The van der Waals surface area contributed by atoms with Gasteiger partial charge in [0.1, 0.15) is 11.6 Å². The number of phenols is 6. The van der Waals surface area contributed by atoms with E-state index in [1.807, 2.05) is 0 Å². The highest BCUT2D eigenvalue weighted by atomic mass is 16.3. The van der Waals surface area contributed by atoms with Crippen molar-refractivity contribution in [1.29, 1.82) is 5.26 Å². The molecule has 11 heteroatoms. The van der Waals surface area contributed by atoms with Crippen molar-refractivity contribution in [2.24, 2.45) is 0 Å². The molecule has 2 amide bonds. The van der Waals surface area contributed by atoms with Gasteiger partial charge in [-0.2, -0.15) is 5.26 Å². The Morgan fingerprint density at radius 1 is 0.941 bits per heavy atom. The molecule has 0 fully saturated rings. The maximum atomic E-state index is 12.3. The summed E-state index contributed by atoms with van der Waals surface area (Å²) in [6, 6.07) is 5.77. The number of carbonyl (C=O) groups is 2. The first-order valence-electron chi connectivity index (χ1n) is 9.90. The first kappa shape index (κ1) is 25.4. The normalized spacial score (nSPS) is 12.2. The lowest BCUT2D eigenvalue weighted by molar-refractivity contribution is -0.117. The van der Waals surface area contributed by atoms with E-state index in [0.29, 0.717) is 6.42 Å². The van der Waals surface area contributed by atoms with Crippen LogP contribution >= 0.6 is 0 Å². The van der Waals surface area contributed by atoms with Gasteiger partial charge in [0.2, 0.25) is 5.91 Å². The summed E-state index contributed by atoms with van der Waals surface area (Å²) in [5.74, 6) is -4.85. The number of phenolic OH excluding ortho intramolecular Hbond substituents is 6. The summed E-state index contributed by atoms with van der Waals surface area (Å²) in [5.41, 5.74) is 0.111. The van der Waals surface area contributed by atoms with Crippen LogP contribution in [0.1, 0.15) is 24.5 Å². The van der Waals surface area contributed by atoms with Crippen LogP contribution in [0.25, 0.3) is 12.2 Å². The SMILES string of the molecule is CC(CCNC(=O)C=Cc1cc(O)c(O)c(O)c1)NC(=O)C(C#N)=Cc1cc(O)c(O)c(O)c1. The fourth-order valence-corrected chi connectivity index (χ4v) is 2.76. The summed E-state index contributed by atoms with van der Waals surface area (Å²) in [7, 11) is 0. The topological polar surface area (TPSA) is 203 Å². The Bertz CT molecular complexity index is 1150. The fraction of sp³-hybridized carbons (Fsp3) is 0.174. The number of hydrogen-bond acceptors (Lipinski definition) is 9. The molecule has 1 unspecified atom stereocenters. The standard InChI is InChI=1S/C23H23N3O8/c1-12(4-5-25-20(31)3-2-13-7-16(27)21(32)17(28)8-13)26-23(34)15(11-24)6-14-9-18(29)22(33)19(30)10-14/h2-3,6-10,12,27-30,32-33H,4-5H2,1H3,(H,25,31)(H,26,34). The highest BCUT2D eigenvalue weighted by molar-refractivity contribution is 6.02. The summed E-state index contributed by atoms with van der Waals surface area (Å²) in [4.78, 5) is 24.3. The predicted octanol–water partition coefficient (Wildman–Crippen LogP) is 1.55. The van der Waals surface area contributed by atoms with Crippen LogP contribution in [0.2, 0.25) is 0 Å². The van der Waals surface area contributed by atoms with Crippen molar-refractivity contribution in [2.75, 3.05) is 6.54 Å². The van der Waals surface area contributed by atoms with Gasteiger partial charge in [-0.3, -0.25) is 9.59 Å². The van der Waals surface area contributed by atoms with E-state index in [4.69, 9.17) is 0 Å². The van der Waals surface area contributed by atoms with Crippen LogP contribution in [-0.4, -0.2) is 55.0 Å². The average molecular weight is 469 g/mol. The van der Waals surface area contributed by atoms with Gasteiger partial charge in [-0.1, -0.05) is 0 Å². The average Bonchev–Trinajstić information content (AvgIpc) is 2.77. The third-order valence-electron chi connectivity index (χ3n) is 4.54. The number of rotatable bonds is 8. The van der Waals surface area contributed by atoms with Crippen molar-refractivity contribution in [3.05, 3.63) is 47.0 Å². The van der Waals surface area contributed by atoms with Crippen LogP contribution in [0.4, 0.5) is 0 Å². The van der Waals surface area contributed by atoms with Gasteiger partial charge < -0.3 is 41.3 Å². The summed E-state index contributed by atoms with van der Waals surface area (Å²) in [6.45, 7) is 1.84. The maximum Gasteiger partial charge on any atom is 0.262 e. The van der Waals surface area contributed by atoms with Gasteiger partial charge in [-0.25, -0.2) is 0 Å². The van der Waals surface area contributed by atoms with Crippen molar-refractivity contribution >= 4 is 24.0 Å². The molecule has 0 bridgehead atoms. The van der Waals surface area contributed by atoms with Gasteiger partial charge in [-0.05, 0) is 60.9 Å². The highest BCUT2D eigenvalue weighted by Crippen LogP contribution is 2.36. The Labute approximate surface area is 194 Å². The zero-order chi connectivity index (χ0) is 25.4. The zero-order valence-corrected chi connectivity index (χ0v) is 18.0. The van der Waals surface area contributed by atoms with Gasteiger partial charge in [0.25, 0.3) is 5.91 Å². The lowest BCUT2D eigenvalue weighted by Gasteiger charge is -2.13. The third-order valence-corrected chi connectivity index (χ3v) is 4.54. The Balaban J connectivity index is 1.88. The molecule has 11 nitrogen and oxygen atoms in total. The van der Waals surface area contributed by atoms with Gasteiger partial charge in [0.05, 0.1) is 0 Å². The monoisotopic (exact) mass is 469 g/mol. The molecule has 34 heavy (non-hydrogen) atoms. The van der Waals surface area contributed by atoms with Crippen LogP contribution in [0, 0.1) is 11.3 Å². The van der Waals surface area contributed by atoms with Crippen LogP contribution in [-0.2, 0) is 9.59 Å². The lowest BCUT2D eigenvalue weighted by Crippen LogP contribution is -2.36. The molecule has 0 saturated heterocycles. The fourth-order valence-electron chi connectivity index (χ4n) is 2.76. The molecular formula is C23H23N3O8. The van der Waals surface area contributed by atoms with E-state index in [9.17, 15) is 45.5 Å². The minimum Gasteiger partial charge on any atom is -0.504 e. The first-order chi connectivity index (χ1) is 16.0. The van der Waals surface area contributed by atoms with E-state index < -0.39 is 52.4 Å². The molecule has 0 saturated carbocycles. The molecular weight excluding hydrogens is 446 g/mol. The molecule has 0 aliphatic rings. The second-order valence-corrected chi connectivity index (χ2v) is 7.27. The number of benzene rings is 2. The number of nitrogens with zero attached hydrogens (tertiary/aromatic N) is 1. The van der Waals surface area contributed by atoms with Crippen molar-refractivity contribution in [2.45, 2.75) is 19.4 Å². The second kappa shape index (κ2) is 11.1. The minimum atomic E-state index is -0.718. The van der Waals surface area contributed by atoms with E-state index in [1.165, 1.54) is 6.08 Å². The molecule has 2 aromatic carbocycles. The Morgan fingerprint density at radius 2 is 1.44 bits per heavy atom. The summed E-state index contributed by atoms with van der Waals surface area (Å²) in [5, 5.41) is 71.1. The quantitative estimate of drug-likeness (QED) is 0.160. The third kappa shape index (κ3) is 6.83. The van der Waals surface area contributed by atoms with E-state index >= 15 is 0 Å². The Kier molecular flexibility index (Phi) is 8.33. The summed E-state index contributed by atoms with van der Waals surface area (Å²) >= 11 is 0. The van der Waals surface area contributed by atoms with E-state index in [2.05, 4.69) is 10.6 Å². The number of hydrogen-bond donors (Lipinski definition) is 8. The number of nitrogens with one attached hydrogen (secondary N) is 2. The molecule has 8 N–H and O–H groups in total. The molecule has 178 valence electrons. The van der Waals surface area contributed by atoms with Gasteiger partial charge in [0.15, 0.2) is 34.5 Å². The smallest absolute Gasteiger partial charge is 0.262 e. The van der Waals surface area contributed by atoms with Crippen LogP contribution in [0.3, 0.4) is 0 Å². The van der Waals surface area contributed by atoms with Crippen molar-refractivity contribution in [3.8, 4) is 40.6 Å². The van der Waals surface area contributed by atoms with Crippen molar-refractivity contribution in [3.63, 3.8) is 0 Å². The van der Waals surface area contributed by atoms with Gasteiger partial charge >= 0.3 is 0 Å². The van der Waals surface area contributed by atoms with E-state index in [1.54, 1.807) is 13.0 Å². The van der Waals surface area contributed by atoms with Crippen molar-refractivity contribution < 1.29 is 40.2 Å². The molecule has 0 heterocycles. The molecule has 0 spiro atoms. The number of carbonyl (C=O) groups excluding carboxylic acids is 2. The Hall–Kier alpha value is -4.85. The summed E-state index contributed by atoms with van der Waals surface area (Å²) < 4.78 is 0. The zero-order valence-electron chi connectivity index (χ0n) is 18.0. The van der Waals surface area contributed by atoms with E-state index in [0.717, 1.165) is 36.4 Å². The first-order valence-corrected chi connectivity index (χ1v) is 9.90.